The van der Waals surface area contributed by atoms with Crippen molar-refractivity contribution in [2.75, 3.05) is 5.32 Å². The van der Waals surface area contributed by atoms with Crippen molar-refractivity contribution in [3.63, 3.8) is 0 Å². The molecule has 2 rings (SSSR count). The molecule has 6 heteroatoms. The second kappa shape index (κ2) is 6.50. The lowest BCUT2D eigenvalue weighted by Gasteiger charge is -2.13. The van der Waals surface area contributed by atoms with E-state index < -0.39 is 10.8 Å². The Morgan fingerprint density at radius 2 is 1.86 bits per heavy atom. The van der Waals surface area contributed by atoms with E-state index in [-0.39, 0.29) is 11.6 Å². The number of nitrogens with zero attached hydrogens (tertiary/aromatic N) is 2. The van der Waals surface area contributed by atoms with Gasteiger partial charge in [0.15, 0.2) is 0 Å². The fourth-order valence-electron chi connectivity index (χ4n) is 1.97. The van der Waals surface area contributed by atoms with Crippen molar-refractivity contribution in [1.82, 2.24) is 0 Å². The number of rotatable bonds is 4. The third-order valence-electron chi connectivity index (χ3n) is 3.30. The maximum absolute atomic E-state index is 12.2. The van der Waals surface area contributed by atoms with Crippen LogP contribution >= 0.6 is 0 Å². The number of para-hydroxylation sites is 1. The van der Waals surface area contributed by atoms with Crippen LogP contribution in [0.4, 0.5) is 11.4 Å². The summed E-state index contributed by atoms with van der Waals surface area (Å²) in [6.07, 6.45) is 0. The van der Waals surface area contributed by atoms with Gasteiger partial charge in [-0.25, -0.2) is 0 Å². The van der Waals surface area contributed by atoms with Crippen LogP contribution in [0, 0.1) is 21.4 Å². The minimum atomic E-state index is -0.493. The molecule has 1 unspecified atom stereocenters. The number of amides is 1. The van der Waals surface area contributed by atoms with E-state index in [2.05, 4.69) is 5.32 Å². The first-order chi connectivity index (χ1) is 10.5. The first-order valence-corrected chi connectivity index (χ1v) is 6.57. The van der Waals surface area contributed by atoms with Crippen LogP contribution in [0.25, 0.3) is 0 Å². The Kier molecular flexibility index (Phi) is 4.49. The topological polar surface area (TPSA) is 96.0 Å². The number of nitriles is 1. The lowest BCUT2D eigenvalue weighted by molar-refractivity contribution is -0.384. The summed E-state index contributed by atoms with van der Waals surface area (Å²) in [6.45, 7) is 1.70. The molecule has 0 aromatic heterocycles. The number of carbonyl (C=O) groups is 1. The molecular weight excluding hydrogens is 282 g/mol. The summed E-state index contributed by atoms with van der Waals surface area (Å²) in [4.78, 5) is 22.4. The summed E-state index contributed by atoms with van der Waals surface area (Å²) < 4.78 is 0. The van der Waals surface area contributed by atoms with Crippen LogP contribution in [-0.2, 0) is 4.79 Å². The average molecular weight is 295 g/mol. The highest BCUT2D eigenvalue weighted by molar-refractivity contribution is 5.96. The third-order valence-corrected chi connectivity index (χ3v) is 3.30. The largest absolute Gasteiger partial charge is 0.324 e. The summed E-state index contributed by atoms with van der Waals surface area (Å²) in [5.41, 5.74) is 1.47. The van der Waals surface area contributed by atoms with E-state index in [4.69, 9.17) is 5.26 Å². The standard InChI is InChI=1S/C16H13N3O3/c1-11(12-6-8-14(9-7-12)19(21)22)16(20)18-15-5-3-2-4-13(15)10-17/h2-9,11H,1H3,(H,18,20). The molecule has 0 bridgehead atoms. The lowest BCUT2D eigenvalue weighted by atomic mass is 10.00. The molecule has 1 N–H and O–H groups in total. The number of nitro benzene ring substituents is 1. The van der Waals surface area contributed by atoms with Gasteiger partial charge in [0.25, 0.3) is 5.69 Å². The van der Waals surface area contributed by atoms with Gasteiger partial charge >= 0.3 is 0 Å². The molecule has 6 nitrogen and oxygen atoms in total. The number of nitro groups is 1. The Labute approximate surface area is 127 Å². The summed E-state index contributed by atoms with van der Waals surface area (Å²) in [7, 11) is 0. The van der Waals surface area contributed by atoms with Gasteiger partial charge in [0.05, 0.1) is 22.1 Å². The second-order valence-electron chi connectivity index (χ2n) is 4.72. The Bertz CT molecular complexity index is 748. The van der Waals surface area contributed by atoms with Crippen LogP contribution in [0.3, 0.4) is 0 Å². The van der Waals surface area contributed by atoms with Gasteiger partial charge < -0.3 is 5.32 Å². The maximum Gasteiger partial charge on any atom is 0.269 e. The zero-order chi connectivity index (χ0) is 16.1. The van der Waals surface area contributed by atoms with Crippen molar-refractivity contribution in [3.8, 4) is 6.07 Å². The Morgan fingerprint density at radius 1 is 1.23 bits per heavy atom. The van der Waals surface area contributed by atoms with Gasteiger partial charge in [0.1, 0.15) is 6.07 Å². The highest BCUT2D eigenvalue weighted by Gasteiger charge is 2.17. The third kappa shape index (κ3) is 3.27. The molecule has 1 amide bonds. The van der Waals surface area contributed by atoms with E-state index in [9.17, 15) is 14.9 Å². The van der Waals surface area contributed by atoms with Gasteiger partial charge in [-0.1, -0.05) is 24.3 Å². The van der Waals surface area contributed by atoms with Gasteiger partial charge in [-0.3, -0.25) is 14.9 Å². The normalized spacial score (nSPS) is 11.3. The first kappa shape index (κ1) is 15.2. The summed E-state index contributed by atoms with van der Waals surface area (Å²) in [5, 5.41) is 22.3. The van der Waals surface area contributed by atoms with Crippen LogP contribution in [0.1, 0.15) is 24.0 Å². The van der Waals surface area contributed by atoms with Crippen LogP contribution in [-0.4, -0.2) is 10.8 Å². The number of carbonyl (C=O) groups excluding carboxylic acids is 1. The van der Waals surface area contributed by atoms with Crippen LogP contribution in [0.5, 0.6) is 0 Å². The van der Waals surface area contributed by atoms with Crippen molar-refractivity contribution < 1.29 is 9.72 Å². The predicted molar refractivity (Wildman–Crippen MR) is 81.3 cm³/mol. The number of nitrogens with one attached hydrogen (secondary N) is 1. The van der Waals surface area contributed by atoms with Crippen molar-refractivity contribution in [2.45, 2.75) is 12.8 Å². The van der Waals surface area contributed by atoms with Crippen molar-refractivity contribution >= 4 is 17.3 Å². The van der Waals surface area contributed by atoms with E-state index >= 15 is 0 Å². The molecule has 0 radical (unpaired) electrons. The molecular formula is C16H13N3O3. The van der Waals surface area contributed by atoms with Crippen LogP contribution in [0.15, 0.2) is 48.5 Å². The van der Waals surface area contributed by atoms with E-state index in [1.165, 1.54) is 12.1 Å². The molecule has 2 aromatic rings. The molecule has 0 saturated carbocycles. The monoisotopic (exact) mass is 295 g/mol. The zero-order valence-electron chi connectivity index (χ0n) is 11.8. The van der Waals surface area contributed by atoms with Crippen LogP contribution in [0.2, 0.25) is 0 Å². The quantitative estimate of drug-likeness (QED) is 0.692. The van der Waals surface area contributed by atoms with E-state index in [0.29, 0.717) is 16.8 Å². The van der Waals surface area contributed by atoms with Crippen molar-refractivity contribution in [2.24, 2.45) is 0 Å². The van der Waals surface area contributed by atoms with E-state index in [1.807, 2.05) is 6.07 Å². The van der Waals surface area contributed by atoms with Gasteiger partial charge in [-0.2, -0.15) is 5.26 Å². The van der Waals surface area contributed by atoms with Crippen LogP contribution < -0.4 is 5.32 Å². The smallest absolute Gasteiger partial charge is 0.269 e. The van der Waals surface area contributed by atoms with Gasteiger partial charge in [0, 0.05) is 12.1 Å². The van der Waals surface area contributed by atoms with Crippen molar-refractivity contribution in [1.29, 1.82) is 5.26 Å². The number of hydrogen-bond donors (Lipinski definition) is 1. The number of benzene rings is 2. The molecule has 0 saturated heterocycles. The average Bonchev–Trinajstić information content (AvgIpc) is 2.54. The molecule has 22 heavy (non-hydrogen) atoms. The SMILES string of the molecule is CC(C(=O)Nc1ccccc1C#N)c1ccc([N+](=O)[O-])cc1. The molecule has 0 aliphatic rings. The number of anilines is 1. The van der Waals surface area contributed by atoms with Gasteiger partial charge in [-0.15, -0.1) is 0 Å². The number of hydrogen-bond acceptors (Lipinski definition) is 4. The maximum atomic E-state index is 12.2. The fraction of sp³-hybridized carbons (Fsp3) is 0.125. The van der Waals surface area contributed by atoms with E-state index in [0.717, 1.165) is 0 Å². The van der Waals surface area contributed by atoms with Crippen molar-refractivity contribution in [3.05, 3.63) is 69.8 Å². The highest BCUT2D eigenvalue weighted by Crippen LogP contribution is 2.22. The lowest BCUT2D eigenvalue weighted by Crippen LogP contribution is -2.19. The zero-order valence-corrected chi connectivity index (χ0v) is 11.8. The number of non-ortho nitro benzene ring substituents is 1. The summed E-state index contributed by atoms with van der Waals surface area (Å²) >= 11 is 0. The molecule has 0 aliphatic heterocycles. The predicted octanol–water partition coefficient (Wildman–Crippen LogP) is 3.21. The first-order valence-electron chi connectivity index (χ1n) is 6.57. The summed E-state index contributed by atoms with van der Waals surface area (Å²) in [5.74, 6) is -0.774. The molecule has 0 spiro atoms. The molecule has 1 atom stereocenters. The van der Waals surface area contributed by atoms with E-state index in [1.54, 1.807) is 43.3 Å². The molecule has 110 valence electrons. The van der Waals surface area contributed by atoms with Gasteiger partial charge in [0.2, 0.25) is 5.91 Å². The molecule has 0 heterocycles. The molecule has 0 aliphatic carbocycles. The fourth-order valence-corrected chi connectivity index (χ4v) is 1.97. The Morgan fingerprint density at radius 3 is 2.45 bits per heavy atom. The minimum absolute atomic E-state index is 0.0221. The molecule has 2 aromatic carbocycles. The molecule has 0 fully saturated rings. The highest BCUT2D eigenvalue weighted by atomic mass is 16.6. The van der Waals surface area contributed by atoms with Gasteiger partial charge in [-0.05, 0) is 24.6 Å². The minimum Gasteiger partial charge on any atom is -0.324 e. The second-order valence-corrected chi connectivity index (χ2v) is 4.72. The Balaban J connectivity index is 2.15. The Hall–Kier alpha value is -3.20. The summed E-state index contributed by atoms with van der Waals surface area (Å²) in [6, 6.07) is 14.6.